The fourth-order valence-electron chi connectivity index (χ4n) is 1.89. The molecule has 0 aromatic heterocycles. The van der Waals surface area contributed by atoms with Crippen molar-refractivity contribution in [1.82, 2.24) is 5.32 Å². The lowest BCUT2D eigenvalue weighted by Crippen LogP contribution is -2.26. The molecule has 0 saturated carbocycles. The van der Waals surface area contributed by atoms with Gasteiger partial charge in [-0.3, -0.25) is 4.79 Å². The van der Waals surface area contributed by atoms with Gasteiger partial charge in [-0.2, -0.15) is 0 Å². The molecule has 1 aromatic rings. The SMILES string of the molecule is CCc1c(C(=O)O)cccc1C(=O)NCCCOC. The Labute approximate surface area is 112 Å². The van der Waals surface area contributed by atoms with Crippen LogP contribution in [-0.4, -0.2) is 37.2 Å². The Hall–Kier alpha value is -1.88. The van der Waals surface area contributed by atoms with Gasteiger partial charge < -0.3 is 15.2 Å². The second-order valence-corrected chi connectivity index (χ2v) is 4.09. The molecule has 19 heavy (non-hydrogen) atoms. The lowest BCUT2D eigenvalue weighted by Gasteiger charge is -2.11. The number of hydrogen-bond acceptors (Lipinski definition) is 3. The number of aromatic carboxylic acids is 1. The fourth-order valence-corrected chi connectivity index (χ4v) is 1.89. The van der Waals surface area contributed by atoms with Crippen molar-refractivity contribution in [3.63, 3.8) is 0 Å². The van der Waals surface area contributed by atoms with Crippen molar-refractivity contribution < 1.29 is 19.4 Å². The third-order valence-electron chi connectivity index (χ3n) is 2.82. The Morgan fingerprint density at radius 2 is 2.00 bits per heavy atom. The molecule has 1 rings (SSSR count). The van der Waals surface area contributed by atoms with Crippen LogP contribution in [0.2, 0.25) is 0 Å². The summed E-state index contributed by atoms with van der Waals surface area (Å²) in [4.78, 5) is 23.1. The van der Waals surface area contributed by atoms with Gasteiger partial charge in [0.25, 0.3) is 5.91 Å². The van der Waals surface area contributed by atoms with Gasteiger partial charge >= 0.3 is 5.97 Å². The van der Waals surface area contributed by atoms with Crippen molar-refractivity contribution in [3.8, 4) is 0 Å². The number of benzene rings is 1. The van der Waals surface area contributed by atoms with Crippen LogP contribution in [-0.2, 0) is 11.2 Å². The van der Waals surface area contributed by atoms with Crippen molar-refractivity contribution in [3.05, 3.63) is 34.9 Å². The lowest BCUT2D eigenvalue weighted by molar-refractivity contribution is 0.0695. The average Bonchev–Trinajstić information content (AvgIpc) is 2.42. The number of carbonyl (C=O) groups excluding carboxylic acids is 1. The van der Waals surface area contributed by atoms with Crippen molar-refractivity contribution >= 4 is 11.9 Å². The third kappa shape index (κ3) is 4.06. The molecule has 5 heteroatoms. The molecule has 0 aliphatic carbocycles. The zero-order valence-corrected chi connectivity index (χ0v) is 11.2. The van der Waals surface area contributed by atoms with Gasteiger partial charge in [0.05, 0.1) is 5.56 Å². The summed E-state index contributed by atoms with van der Waals surface area (Å²) < 4.78 is 4.90. The summed E-state index contributed by atoms with van der Waals surface area (Å²) in [7, 11) is 1.60. The summed E-state index contributed by atoms with van der Waals surface area (Å²) in [6.45, 7) is 2.92. The van der Waals surface area contributed by atoms with E-state index in [1.807, 2.05) is 6.92 Å². The van der Waals surface area contributed by atoms with Crippen LogP contribution in [0.4, 0.5) is 0 Å². The van der Waals surface area contributed by atoms with Crippen molar-refractivity contribution in [1.29, 1.82) is 0 Å². The minimum absolute atomic E-state index is 0.187. The van der Waals surface area contributed by atoms with E-state index >= 15 is 0 Å². The average molecular weight is 265 g/mol. The van der Waals surface area contributed by atoms with Gasteiger partial charge in [0.15, 0.2) is 0 Å². The maximum atomic E-state index is 12.0. The monoisotopic (exact) mass is 265 g/mol. The molecule has 0 fully saturated rings. The summed E-state index contributed by atoms with van der Waals surface area (Å²) in [5.74, 6) is -1.25. The zero-order chi connectivity index (χ0) is 14.3. The van der Waals surface area contributed by atoms with Crippen molar-refractivity contribution in [2.24, 2.45) is 0 Å². The fraction of sp³-hybridized carbons (Fsp3) is 0.429. The predicted molar refractivity (Wildman–Crippen MR) is 71.6 cm³/mol. The Morgan fingerprint density at radius 1 is 1.32 bits per heavy atom. The van der Waals surface area contributed by atoms with Gasteiger partial charge in [0, 0.05) is 25.8 Å². The molecular weight excluding hydrogens is 246 g/mol. The maximum absolute atomic E-state index is 12.0. The quantitative estimate of drug-likeness (QED) is 0.736. The molecule has 5 nitrogen and oxygen atoms in total. The summed E-state index contributed by atoms with van der Waals surface area (Å²) >= 11 is 0. The Morgan fingerprint density at radius 3 is 2.58 bits per heavy atom. The predicted octanol–water partition coefficient (Wildman–Crippen LogP) is 1.71. The first-order valence-corrected chi connectivity index (χ1v) is 6.24. The molecule has 0 radical (unpaired) electrons. The van der Waals surface area contributed by atoms with E-state index in [0.717, 1.165) is 6.42 Å². The first-order chi connectivity index (χ1) is 9.11. The standard InChI is InChI=1S/C14H19NO4/c1-3-10-11(6-4-7-12(10)14(17)18)13(16)15-8-5-9-19-2/h4,6-7H,3,5,8-9H2,1-2H3,(H,15,16)(H,17,18). The highest BCUT2D eigenvalue weighted by molar-refractivity contribution is 5.99. The van der Waals surface area contributed by atoms with Gasteiger partial charge in [0.2, 0.25) is 0 Å². The minimum atomic E-state index is -1.01. The molecular formula is C14H19NO4. The van der Waals surface area contributed by atoms with Gasteiger partial charge in [0.1, 0.15) is 0 Å². The summed E-state index contributed by atoms with van der Waals surface area (Å²) in [6.07, 6.45) is 1.23. The highest BCUT2D eigenvalue weighted by atomic mass is 16.5. The topological polar surface area (TPSA) is 75.6 Å². The molecule has 0 aliphatic heterocycles. The van der Waals surface area contributed by atoms with Crippen LogP contribution >= 0.6 is 0 Å². The van der Waals surface area contributed by atoms with E-state index in [4.69, 9.17) is 9.84 Å². The number of rotatable bonds is 7. The minimum Gasteiger partial charge on any atom is -0.478 e. The van der Waals surface area contributed by atoms with Gasteiger partial charge in [-0.25, -0.2) is 4.79 Å². The Bertz CT molecular complexity index is 457. The van der Waals surface area contributed by atoms with E-state index in [0.29, 0.717) is 30.7 Å². The Balaban J connectivity index is 2.84. The van der Waals surface area contributed by atoms with E-state index in [9.17, 15) is 9.59 Å². The highest BCUT2D eigenvalue weighted by Crippen LogP contribution is 2.16. The van der Waals surface area contributed by atoms with E-state index in [-0.39, 0.29) is 11.5 Å². The summed E-state index contributed by atoms with van der Waals surface area (Å²) in [5, 5.41) is 11.9. The molecule has 0 spiro atoms. The maximum Gasteiger partial charge on any atom is 0.335 e. The number of amides is 1. The van der Waals surface area contributed by atoms with Gasteiger partial charge in [-0.15, -0.1) is 0 Å². The normalized spacial score (nSPS) is 10.2. The Kier molecular flexibility index (Phi) is 6.02. The number of hydrogen-bond donors (Lipinski definition) is 2. The zero-order valence-electron chi connectivity index (χ0n) is 11.2. The number of ether oxygens (including phenoxy) is 1. The van der Waals surface area contributed by atoms with Crippen LogP contribution in [0.1, 0.15) is 39.6 Å². The summed E-state index contributed by atoms with van der Waals surface area (Å²) in [6, 6.07) is 4.76. The van der Waals surface area contributed by atoms with E-state index in [2.05, 4.69) is 5.32 Å². The molecule has 0 aliphatic rings. The molecule has 0 heterocycles. The summed E-state index contributed by atoms with van der Waals surface area (Å²) in [5.41, 5.74) is 1.19. The number of carboxylic acids is 1. The van der Waals surface area contributed by atoms with Crippen LogP contribution < -0.4 is 5.32 Å². The van der Waals surface area contributed by atoms with E-state index in [1.54, 1.807) is 19.2 Å². The highest BCUT2D eigenvalue weighted by Gasteiger charge is 2.16. The van der Waals surface area contributed by atoms with Gasteiger partial charge in [-0.1, -0.05) is 13.0 Å². The number of methoxy groups -OCH3 is 1. The molecule has 0 saturated heterocycles. The first-order valence-electron chi connectivity index (χ1n) is 6.24. The van der Waals surface area contributed by atoms with Crippen LogP contribution in [0.3, 0.4) is 0 Å². The smallest absolute Gasteiger partial charge is 0.335 e. The van der Waals surface area contributed by atoms with Crippen LogP contribution in [0.25, 0.3) is 0 Å². The van der Waals surface area contributed by atoms with Crippen molar-refractivity contribution in [2.75, 3.05) is 20.3 Å². The van der Waals surface area contributed by atoms with E-state index in [1.165, 1.54) is 6.07 Å². The molecule has 104 valence electrons. The first kappa shape index (κ1) is 15.2. The largest absolute Gasteiger partial charge is 0.478 e. The molecule has 0 atom stereocenters. The van der Waals surface area contributed by atoms with Gasteiger partial charge in [-0.05, 0) is 30.5 Å². The third-order valence-corrected chi connectivity index (χ3v) is 2.82. The number of carboxylic acid groups (broad SMARTS) is 1. The van der Waals surface area contributed by atoms with Crippen LogP contribution in [0.15, 0.2) is 18.2 Å². The second-order valence-electron chi connectivity index (χ2n) is 4.09. The number of nitrogens with one attached hydrogen (secondary N) is 1. The van der Waals surface area contributed by atoms with Crippen LogP contribution in [0.5, 0.6) is 0 Å². The van der Waals surface area contributed by atoms with Crippen LogP contribution in [0, 0.1) is 0 Å². The molecule has 2 N–H and O–H groups in total. The number of carbonyl (C=O) groups is 2. The lowest BCUT2D eigenvalue weighted by atomic mass is 9.98. The second kappa shape index (κ2) is 7.53. The van der Waals surface area contributed by atoms with Crippen molar-refractivity contribution in [2.45, 2.75) is 19.8 Å². The molecule has 0 bridgehead atoms. The van der Waals surface area contributed by atoms with E-state index < -0.39 is 5.97 Å². The molecule has 1 amide bonds. The molecule has 1 aromatic carbocycles. The molecule has 0 unspecified atom stereocenters.